The highest BCUT2D eigenvalue weighted by molar-refractivity contribution is 7.98. The van der Waals surface area contributed by atoms with Crippen LogP contribution in [0.1, 0.15) is 34.3 Å². The van der Waals surface area contributed by atoms with Crippen LogP contribution in [-0.2, 0) is 10.5 Å². The Bertz CT molecular complexity index is 699. The van der Waals surface area contributed by atoms with Gasteiger partial charge in [0.05, 0.1) is 11.3 Å². The van der Waals surface area contributed by atoms with E-state index in [2.05, 4.69) is 5.16 Å². The zero-order valence-corrected chi connectivity index (χ0v) is 13.4. The standard InChI is InChI=1S/C16H16N2O3S/c1-10(8-17)20-16(19)13-6-4-5-7-15(13)22-9-14-11(2)18-21-12(14)3/h4-7,10H,9H2,1-3H3/t10-/m1/s1. The number of hydrogen-bond acceptors (Lipinski definition) is 6. The molecule has 114 valence electrons. The van der Waals surface area contributed by atoms with Crippen molar-refractivity contribution in [3.63, 3.8) is 0 Å². The minimum Gasteiger partial charge on any atom is -0.444 e. The molecule has 0 N–H and O–H groups in total. The molecule has 0 aliphatic rings. The lowest BCUT2D eigenvalue weighted by Crippen LogP contribution is -2.13. The van der Waals surface area contributed by atoms with E-state index in [1.165, 1.54) is 18.7 Å². The second-order valence-electron chi connectivity index (χ2n) is 4.76. The van der Waals surface area contributed by atoms with E-state index >= 15 is 0 Å². The van der Waals surface area contributed by atoms with Crippen molar-refractivity contribution >= 4 is 17.7 Å². The Morgan fingerprint density at radius 1 is 1.45 bits per heavy atom. The molecule has 1 aromatic heterocycles. The van der Waals surface area contributed by atoms with Crippen LogP contribution in [0.4, 0.5) is 0 Å². The van der Waals surface area contributed by atoms with Crippen molar-refractivity contribution in [2.24, 2.45) is 0 Å². The molecular formula is C16H16N2O3S. The lowest BCUT2D eigenvalue weighted by molar-refractivity contribution is 0.0431. The molecule has 1 heterocycles. The maximum absolute atomic E-state index is 12.1. The lowest BCUT2D eigenvalue weighted by atomic mass is 10.2. The van der Waals surface area contributed by atoms with Gasteiger partial charge in [-0.3, -0.25) is 0 Å². The third kappa shape index (κ3) is 3.68. The summed E-state index contributed by atoms with van der Waals surface area (Å²) in [5, 5.41) is 12.7. The van der Waals surface area contributed by atoms with Crippen LogP contribution in [0, 0.1) is 25.2 Å². The summed E-state index contributed by atoms with van der Waals surface area (Å²) in [5.41, 5.74) is 2.34. The van der Waals surface area contributed by atoms with E-state index in [1.54, 1.807) is 12.1 Å². The van der Waals surface area contributed by atoms with Gasteiger partial charge in [-0.1, -0.05) is 17.3 Å². The number of hydrogen-bond donors (Lipinski definition) is 0. The van der Waals surface area contributed by atoms with Gasteiger partial charge >= 0.3 is 5.97 Å². The van der Waals surface area contributed by atoms with E-state index in [9.17, 15) is 4.79 Å². The molecule has 0 aliphatic heterocycles. The van der Waals surface area contributed by atoms with E-state index in [-0.39, 0.29) is 0 Å². The van der Waals surface area contributed by atoms with Gasteiger partial charge in [0.1, 0.15) is 11.8 Å². The minimum absolute atomic E-state index is 0.460. The van der Waals surface area contributed by atoms with Crippen LogP contribution in [0.15, 0.2) is 33.7 Å². The van der Waals surface area contributed by atoms with E-state index < -0.39 is 12.1 Å². The topological polar surface area (TPSA) is 76.1 Å². The van der Waals surface area contributed by atoms with E-state index in [0.29, 0.717) is 11.3 Å². The Balaban J connectivity index is 2.15. The smallest absolute Gasteiger partial charge is 0.340 e. The quantitative estimate of drug-likeness (QED) is 0.619. The highest BCUT2D eigenvalue weighted by Crippen LogP contribution is 2.29. The summed E-state index contributed by atoms with van der Waals surface area (Å²) >= 11 is 1.51. The highest BCUT2D eigenvalue weighted by Gasteiger charge is 2.17. The summed E-state index contributed by atoms with van der Waals surface area (Å²) in [6, 6.07) is 9.07. The molecule has 0 aliphatic carbocycles. The number of benzene rings is 1. The molecule has 2 rings (SSSR count). The van der Waals surface area contributed by atoms with Gasteiger partial charge in [0.15, 0.2) is 6.10 Å². The molecule has 0 spiro atoms. The fraction of sp³-hybridized carbons (Fsp3) is 0.312. The first-order valence-corrected chi connectivity index (χ1v) is 7.75. The summed E-state index contributed by atoms with van der Waals surface area (Å²) in [6.45, 7) is 5.29. The summed E-state index contributed by atoms with van der Waals surface area (Å²) in [5.74, 6) is 0.943. The number of ether oxygens (including phenoxy) is 1. The number of nitriles is 1. The Morgan fingerprint density at radius 2 is 2.18 bits per heavy atom. The van der Waals surface area contributed by atoms with Crippen LogP contribution in [0.5, 0.6) is 0 Å². The first-order chi connectivity index (χ1) is 10.5. The van der Waals surface area contributed by atoms with Gasteiger partial charge in [0.25, 0.3) is 0 Å². The number of carbonyl (C=O) groups is 1. The minimum atomic E-state index is -0.770. The first kappa shape index (κ1) is 16.1. The third-order valence-electron chi connectivity index (χ3n) is 3.13. The Hall–Kier alpha value is -2.26. The van der Waals surface area contributed by atoms with Crippen LogP contribution < -0.4 is 0 Å². The summed E-state index contributed by atoms with van der Waals surface area (Å²) in [4.78, 5) is 12.9. The van der Waals surface area contributed by atoms with Gasteiger partial charge in [-0.25, -0.2) is 4.79 Å². The second kappa shape index (κ2) is 7.14. The molecule has 22 heavy (non-hydrogen) atoms. The molecule has 5 nitrogen and oxygen atoms in total. The molecule has 6 heteroatoms. The molecule has 0 saturated heterocycles. The Kier molecular flexibility index (Phi) is 5.23. The van der Waals surface area contributed by atoms with Crippen molar-refractivity contribution in [2.75, 3.05) is 0 Å². The molecular weight excluding hydrogens is 300 g/mol. The largest absolute Gasteiger partial charge is 0.444 e. The molecule has 0 radical (unpaired) electrons. The number of thioether (sulfide) groups is 1. The zero-order chi connectivity index (χ0) is 16.1. The van der Waals surface area contributed by atoms with Crippen LogP contribution in [0.2, 0.25) is 0 Å². The molecule has 0 bridgehead atoms. The molecule has 0 saturated carbocycles. The van der Waals surface area contributed by atoms with Crippen LogP contribution in [0.25, 0.3) is 0 Å². The first-order valence-electron chi connectivity index (χ1n) is 6.77. The third-order valence-corrected chi connectivity index (χ3v) is 4.23. The van der Waals surface area contributed by atoms with Crippen LogP contribution in [0.3, 0.4) is 0 Å². The number of nitrogens with zero attached hydrogens (tertiary/aromatic N) is 2. The van der Waals surface area contributed by atoms with Crippen LogP contribution in [-0.4, -0.2) is 17.2 Å². The molecule has 0 fully saturated rings. The van der Waals surface area contributed by atoms with Crippen molar-refractivity contribution in [3.8, 4) is 6.07 Å². The van der Waals surface area contributed by atoms with Crippen molar-refractivity contribution in [2.45, 2.75) is 37.5 Å². The van der Waals surface area contributed by atoms with Gasteiger partial charge in [0, 0.05) is 16.2 Å². The SMILES string of the molecule is Cc1noc(C)c1CSc1ccccc1C(=O)O[C@H](C)C#N. The molecule has 0 amide bonds. The van der Waals surface area contributed by atoms with Crippen molar-refractivity contribution in [1.29, 1.82) is 5.26 Å². The maximum atomic E-state index is 12.1. The van der Waals surface area contributed by atoms with Gasteiger partial charge in [-0.05, 0) is 32.9 Å². The number of carbonyl (C=O) groups excluding carboxylic acids is 1. The zero-order valence-electron chi connectivity index (χ0n) is 12.6. The molecule has 1 atom stereocenters. The Morgan fingerprint density at radius 3 is 2.82 bits per heavy atom. The van der Waals surface area contributed by atoms with E-state index in [1.807, 2.05) is 32.0 Å². The van der Waals surface area contributed by atoms with Gasteiger partial charge in [-0.15, -0.1) is 11.8 Å². The van der Waals surface area contributed by atoms with Gasteiger partial charge in [-0.2, -0.15) is 5.26 Å². The summed E-state index contributed by atoms with van der Waals surface area (Å²) in [6.07, 6.45) is -0.770. The van der Waals surface area contributed by atoms with Crippen molar-refractivity contribution < 1.29 is 14.1 Å². The lowest BCUT2D eigenvalue weighted by Gasteiger charge is -2.10. The molecule has 0 unspecified atom stereocenters. The second-order valence-corrected chi connectivity index (χ2v) is 5.78. The molecule has 2 aromatic rings. The van der Waals surface area contributed by atoms with Gasteiger partial charge in [0.2, 0.25) is 0 Å². The predicted molar refractivity (Wildman–Crippen MR) is 82.5 cm³/mol. The number of rotatable bonds is 5. The Labute approximate surface area is 133 Å². The average molecular weight is 316 g/mol. The summed E-state index contributed by atoms with van der Waals surface area (Å²) < 4.78 is 10.2. The van der Waals surface area contributed by atoms with Gasteiger partial charge < -0.3 is 9.26 Å². The monoisotopic (exact) mass is 316 g/mol. The van der Waals surface area contributed by atoms with E-state index in [0.717, 1.165) is 21.9 Å². The predicted octanol–water partition coefficient (Wildman–Crippen LogP) is 3.65. The summed E-state index contributed by atoms with van der Waals surface area (Å²) in [7, 11) is 0. The maximum Gasteiger partial charge on any atom is 0.340 e. The number of aryl methyl sites for hydroxylation is 2. The highest BCUT2D eigenvalue weighted by atomic mass is 32.2. The number of esters is 1. The van der Waals surface area contributed by atoms with E-state index in [4.69, 9.17) is 14.5 Å². The fourth-order valence-corrected chi connectivity index (χ4v) is 3.06. The van der Waals surface area contributed by atoms with Crippen LogP contribution >= 0.6 is 11.8 Å². The fourth-order valence-electron chi connectivity index (χ4n) is 1.87. The van der Waals surface area contributed by atoms with Crippen molar-refractivity contribution in [3.05, 3.63) is 46.8 Å². The normalized spacial score (nSPS) is 11.7. The number of aromatic nitrogens is 1. The van der Waals surface area contributed by atoms with Crippen molar-refractivity contribution in [1.82, 2.24) is 5.16 Å². The average Bonchev–Trinajstić information content (AvgIpc) is 2.84. The molecule has 1 aromatic carbocycles.